The third kappa shape index (κ3) is 5.83. The van der Waals surface area contributed by atoms with E-state index in [9.17, 15) is 9.18 Å². The molecule has 106 valence electrons. The maximum Gasteiger partial charge on any atom is 0.223 e. The van der Waals surface area contributed by atoms with Gasteiger partial charge in [-0.1, -0.05) is 18.2 Å². The Balaban J connectivity index is 2.43. The molecule has 1 aromatic carbocycles. The van der Waals surface area contributed by atoms with E-state index >= 15 is 0 Å². The first-order valence-corrected chi connectivity index (χ1v) is 6.52. The third-order valence-electron chi connectivity index (χ3n) is 2.79. The van der Waals surface area contributed by atoms with E-state index < -0.39 is 0 Å². The number of rotatable bonds is 5. The molecular formula is C15H23FN2O. The van der Waals surface area contributed by atoms with Gasteiger partial charge in [0.25, 0.3) is 0 Å². The van der Waals surface area contributed by atoms with Crippen molar-refractivity contribution in [3.63, 3.8) is 0 Å². The number of amides is 1. The molecule has 0 unspecified atom stereocenters. The highest BCUT2D eigenvalue weighted by atomic mass is 19.1. The zero-order valence-corrected chi connectivity index (χ0v) is 12.2. The molecule has 19 heavy (non-hydrogen) atoms. The lowest BCUT2D eigenvalue weighted by atomic mass is 10.1. The molecule has 0 saturated heterocycles. The van der Waals surface area contributed by atoms with Gasteiger partial charge >= 0.3 is 0 Å². The van der Waals surface area contributed by atoms with Crippen LogP contribution in [0.4, 0.5) is 4.39 Å². The van der Waals surface area contributed by atoms with Crippen LogP contribution in [-0.2, 0) is 11.3 Å². The summed E-state index contributed by atoms with van der Waals surface area (Å²) in [7, 11) is 1.70. The SMILES string of the molecule is CN(Cc1ccccc1F)C(=O)CCNC(C)(C)C. The number of hydrogen-bond donors (Lipinski definition) is 1. The van der Waals surface area contributed by atoms with Crippen LogP contribution in [0.15, 0.2) is 24.3 Å². The van der Waals surface area contributed by atoms with E-state index in [1.54, 1.807) is 30.1 Å². The maximum absolute atomic E-state index is 13.5. The summed E-state index contributed by atoms with van der Waals surface area (Å²) in [6, 6.07) is 6.53. The number of benzene rings is 1. The zero-order valence-electron chi connectivity index (χ0n) is 12.2. The first-order chi connectivity index (χ1) is 8.79. The Morgan fingerprint density at radius 2 is 1.95 bits per heavy atom. The average molecular weight is 266 g/mol. The lowest BCUT2D eigenvalue weighted by Gasteiger charge is -2.22. The number of hydrogen-bond acceptors (Lipinski definition) is 2. The van der Waals surface area contributed by atoms with Gasteiger partial charge in [0.05, 0.1) is 0 Å². The molecule has 0 radical (unpaired) electrons. The molecule has 0 fully saturated rings. The Hall–Kier alpha value is -1.42. The van der Waals surface area contributed by atoms with Crippen LogP contribution in [0.5, 0.6) is 0 Å². The highest BCUT2D eigenvalue weighted by molar-refractivity contribution is 5.76. The predicted molar refractivity (Wildman–Crippen MR) is 75.2 cm³/mol. The van der Waals surface area contributed by atoms with Gasteiger partial charge in [0.2, 0.25) is 5.91 Å². The molecule has 0 heterocycles. The molecule has 0 spiro atoms. The molecule has 1 aromatic rings. The van der Waals surface area contributed by atoms with Gasteiger partial charge in [0, 0.05) is 37.7 Å². The van der Waals surface area contributed by atoms with Crippen LogP contribution in [0.1, 0.15) is 32.8 Å². The molecule has 0 aliphatic carbocycles. The van der Waals surface area contributed by atoms with Crippen molar-refractivity contribution in [3.8, 4) is 0 Å². The molecule has 0 aliphatic rings. The molecule has 0 atom stereocenters. The largest absolute Gasteiger partial charge is 0.341 e. The molecule has 0 bridgehead atoms. The van der Waals surface area contributed by atoms with E-state index in [-0.39, 0.29) is 17.3 Å². The standard InChI is InChI=1S/C15H23FN2O/c1-15(2,3)17-10-9-14(19)18(4)11-12-7-5-6-8-13(12)16/h5-8,17H,9-11H2,1-4H3. The molecular weight excluding hydrogens is 243 g/mol. The number of nitrogens with one attached hydrogen (secondary N) is 1. The minimum Gasteiger partial charge on any atom is -0.341 e. The van der Waals surface area contributed by atoms with E-state index in [2.05, 4.69) is 26.1 Å². The maximum atomic E-state index is 13.5. The Labute approximate surface area is 114 Å². The van der Waals surface area contributed by atoms with E-state index in [1.165, 1.54) is 6.07 Å². The Bertz CT molecular complexity index is 426. The van der Waals surface area contributed by atoms with Gasteiger partial charge in [-0.25, -0.2) is 4.39 Å². The summed E-state index contributed by atoms with van der Waals surface area (Å²) >= 11 is 0. The fourth-order valence-corrected chi connectivity index (χ4v) is 1.71. The second-order valence-electron chi connectivity index (χ2n) is 5.77. The van der Waals surface area contributed by atoms with Crippen LogP contribution >= 0.6 is 0 Å². The van der Waals surface area contributed by atoms with Crippen molar-refractivity contribution in [2.24, 2.45) is 0 Å². The highest BCUT2D eigenvalue weighted by Crippen LogP contribution is 2.09. The fraction of sp³-hybridized carbons (Fsp3) is 0.533. The summed E-state index contributed by atoms with van der Waals surface area (Å²) < 4.78 is 13.5. The van der Waals surface area contributed by atoms with E-state index in [0.717, 1.165) is 0 Å². The number of carbonyl (C=O) groups excluding carboxylic acids is 1. The van der Waals surface area contributed by atoms with Gasteiger partial charge in [-0.2, -0.15) is 0 Å². The topological polar surface area (TPSA) is 32.3 Å². The predicted octanol–water partition coefficient (Wildman–Crippen LogP) is 2.56. The first kappa shape index (κ1) is 15.6. The van der Waals surface area contributed by atoms with Gasteiger partial charge in [0.15, 0.2) is 0 Å². The van der Waals surface area contributed by atoms with Crippen LogP contribution in [0.25, 0.3) is 0 Å². The quantitative estimate of drug-likeness (QED) is 0.888. The molecule has 0 saturated carbocycles. The van der Waals surface area contributed by atoms with Crippen molar-refractivity contribution in [2.45, 2.75) is 39.3 Å². The highest BCUT2D eigenvalue weighted by Gasteiger charge is 2.13. The summed E-state index contributed by atoms with van der Waals surface area (Å²) in [6.45, 7) is 7.10. The summed E-state index contributed by atoms with van der Waals surface area (Å²) in [5.41, 5.74) is 0.548. The summed E-state index contributed by atoms with van der Waals surface area (Å²) in [4.78, 5) is 13.5. The minimum absolute atomic E-state index is 0.00435. The molecule has 4 heteroatoms. The summed E-state index contributed by atoms with van der Waals surface area (Å²) in [5, 5.41) is 3.26. The van der Waals surface area contributed by atoms with E-state index in [1.807, 2.05) is 0 Å². The van der Waals surface area contributed by atoms with Crippen molar-refractivity contribution in [3.05, 3.63) is 35.6 Å². The van der Waals surface area contributed by atoms with Crippen molar-refractivity contribution in [1.82, 2.24) is 10.2 Å². The van der Waals surface area contributed by atoms with Gasteiger partial charge < -0.3 is 10.2 Å². The van der Waals surface area contributed by atoms with Crippen molar-refractivity contribution >= 4 is 5.91 Å². The summed E-state index contributed by atoms with van der Waals surface area (Å²) in [5.74, 6) is -0.255. The molecule has 1 rings (SSSR count). The van der Waals surface area contributed by atoms with Crippen molar-refractivity contribution in [1.29, 1.82) is 0 Å². The normalized spacial score (nSPS) is 11.4. The second-order valence-corrected chi connectivity index (χ2v) is 5.77. The third-order valence-corrected chi connectivity index (χ3v) is 2.79. The van der Waals surface area contributed by atoms with Crippen molar-refractivity contribution in [2.75, 3.05) is 13.6 Å². The Morgan fingerprint density at radius 1 is 1.32 bits per heavy atom. The lowest BCUT2D eigenvalue weighted by Crippen LogP contribution is -2.38. The first-order valence-electron chi connectivity index (χ1n) is 6.52. The molecule has 3 nitrogen and oxygen atoms in total. The van der Waals surface area contributed by atoms with E-state index in [0.29, 0.717) is 25.1 Å². The average Bonchev–Trinajstić information content (AvgIpc) is 2.30. The van der Waals surface area contributed by atoms with Crippen molar-refractivity contribution < 1.29 is 9.18 Å². The molecule has 1 N–H and O–H groups in total. The van der Waals surface area contributed by atoms with E-state index in [4.69, 9.17) is 0 Å². The number of halogens is 1. The smallest absolute Gasteiger partial charge is 0.223 e. The molecule has 1 amide bonds. The molecule has 0 aromatic heterocycles. The monoisotopic (exact) mass is 266 g/mol. The second kappa shape index (κ2) is 6.66. The molecule has 0 aliphatic heterocycles. The van der Waals surface area contributed by atoms with Crippen LogP contribution in [-0.4, -0.2) is 29.9 Å². The van der Waals surface area contributed by atoms with Gasteiger partial charge in [-0.15, -0.1) is 0 Å². The minimum atomic E-state index is -0.269. The summed E-state index contributed by atoms with van der Waals surface area (Å²) in [6.07, 6.45) is 0.419. The van der Waals surface area contributed by atoms with Crippen LogP contribution in [0.3, 0.4) is 0 Å². The fourth-order valence-electron chi connectivity index (χ4n) is 1.71. The van der Waals surface area contributed by atoms with Gasteiger partial charge in [0.1, 0.15) is 5.82 Å². The van der Waals surface area contributed by atoms with Crippen LogP contribution in [0.2, 0.25) is 0 Å². The van der Waals surface area contributed by atoms with Gasteiger partial charge in [-0.05, 0) is 26.8 Å². The lowest BCUT2D eigenvalue weighted by molar-refractivity contribution is -0.130. The Kier molecular flexibility index (Phi) is 5.48. The van der Waals surface area contributed by atoms with Crippen LogP contribution in [0, 0.1) is 5.82 Å². The van der Waals surface area contributed by atoms with Gasteiger partial charge in [-0.3, -0.25) is 4.79 Å². The zero-order chi connectivity index (χ0) is 14.5. The Morgan fingerprint density at radius 3 is 2.53 bits per heavy atom. The number of carbonyl (C=O) groups is 1. The van der Waals surface area contributed by atoms with Crippen LogP contribution < -0.4 is 5.32 Å². The number of nitrogens with zero attached hydrogens (tertiary/aromatic N) is 1.